The van der Waals surface area contributed by atoms with E-state index in [-0.39, 0.29) is 17.7 Å². The van der Waals surface area contributed by atoms with Crippen molar-refractivity contribution in [3.63, 3.8) is 0 Å². The van der Waals surface area contributed by atoms with Gasteiger partial charge in [0.05, 0.1) is 13.0 Å². The van der Waals surface area contributed by atoms with Crippen LogP contribution in [0, 0.1) is 11.8 Å². The molecule has 0 spiro atoms. The summed E-state index contributed by atoms with van der Waals surface area (Å²) in [6.07, 6.45) is 2.53. The molecule has 2 unspecified atom stereocenters. The van der Waals surface area contributed by atoms with E-state index in [2.05, 4.69) is 16.7 Å². The summed E-state index contributed by atoms with van der Waals surface area (Å²) >= 11 is 0. The Kier molecular flexibility index (Phi) is 3.92. The van der Waals surface area contributed by atoms with Crippen LogP contribution in [0.2, 0.25) is 0 Å². The van der Waals surface area contributed by atoms with Crippen LogP contribution in [0.4, 0.5) is 0 Å². The molecule has 1 aliphatic heterocycles. The Hall–Kier alpha value is -1.55. The van der Waals surface area contributed by atoms with Crippen molar-refractivity contribution in [2.75, 3.05) is 26.7 Å². The molecule has 1 heterocycles. The maximum Gasteiger partial charge on any atom is 0.225 e. The van der Waals surface area contributed by atoms with E-state index < -0.39 is 0 Å². The van der Waals surface area contributed by atoms with Crippen LogP contribution in [0.1, 0.15) is 24.3 Å². The molecule has 1 aromatic rings. The summed E-state index contributed by atoms with van der Waals surface area (Å²) in [5, 5.41) is 6.45. The van der Waals surface area contributed by atoms with Gasteiger partial charge in [0.2, 0.25) is 5.91 Å². The molecule has 3 rings (SSSR count). The number of nitrogens with one attached hydrogen (secondary N) is 2. The van der Waals surface area contributed by atoms with Crippen LogP contribution in [0.5, 0.6) is 5.75 Å². The second-order valence-electron chi connectivity index (χ2n) is 5.84. The molecule has 0 bridgehead atoms. The second kappa shape index (κ2) is 5.83. The lowest BCUT2D eigenvalue weighted by molar-refractivity contribution is -0.124. The van der Waals surface area contributed by atoms with Gasteiger partial charge in [0.25, 0.3) is 0 Å². The fourth-order valence-corrected chi connectivity index (χ4v) is 2.87. The highest BCUT2D eigenvalue weighted by atomic mass is 16.5. The second-order valence-corrected chi connectivity index (χ2v) is 5.84. The lowest BCUT2D eigenvalue weighted by atomic mass is 9.88. The smallest absolute Gasteiger partial charge is 0.225 e. The molecule has 1 saturated heterocycles. The topological polar surface area (TPSA) is 50.4 Å². The minimum Gasteiger partial charge on any atom is -0.497 e. The van der Waals surface area contributed by atoms with E-state index in [1.807, 2.05) is 18.2 Å². The minimum atomic E-state index is 0.0286. The van der Waals surface area contributed by atoms with Gasteiger partial charge in [-0.25, -0.2) is 0 Å². The van der Waals surface area contributed by atoms with Gasteiger partial charge in [0, 0.05) is 25.6 Å². The van der Waals surface area contributed by atoms with Crippen LogP contribution in [-0.2, 0) is 4.79 Å². The summed E-state index contributed by atoms with van der Waals surface area (Å²) in [6.45, 7) is 2.47. The van der Waals surface area contributed by atoms with Crippen molar-refractivity contribution >= 4 is 5.91 Å². The summed E-state index contributed by atoms with van der Waals surface area (Å²) in [7, 11) is 1.67. The van der Waals surface area contributed by atoms with Gasteiger partial charge in [-0.15, -0.1) is 0 Å². The quantitative estimate of drug-likeness (QED) is 0.856. The summed E-state index contributed by atoms with van der Waals surface area (Å²) < 4.78 is 5.28. The number of carbonyl (C=O) groups excluding carboxylic acids is 1. The SMILES string of the molecule is COc1cccc(C2CNCC2C(=O)NCC2CC2)c1. The molecule has 1 amide bonds. The van der Waals surface area contributed by atoms with Gasteiger partial charge in [0.15, 0.2) is 0 Å². The van der Waals surface area contributed by atoms with Crippen molar-refractivity contribution in [3.05, 3.63) is 29.8 Å². The first-order valence-corrected chi connectivity index (χ1v) is 7.40. The number of methoxy groups -OCH3 is 1. The number of ether oxygens (including phenoxy) is 1. The summed E-state index contributed by atoms with van der Waals surface area (Å²) in [6, 6.07) is 8.06. The van der Waals surface area contributed by atoms with Gasteiger partial charge in [-0.2, -0.15) is 0 Å². The Balaban J connectivity index is 1.68. The summed E-state index contributed by atoms with van der Waals surface area (Å²) in [4.78, 5) is 12.3. The third kappa shape index (κ3) is 2.96. The highest BCUT2D eigenvalue weighted by Gasteiger charge is 2.34. The van der Waals surface area contributed by atoms with E-state index in [9.17, 15) is 4.79 Å². The van der Waals surface area contributed by atoms with E-state index in [0.717, 1.165) is 31.3 Å². The molecule has 2 N–H and O–H groups in total. The zero-order valence-electron chi connectivity index (χ0n) is 11.9. The van der Waals surface area contributed by atoms with Crippen LogP contribution in [-0.4, -0.2) is 32.7 Å². The van der Waals surface area contributed by atoms with Crippen LogP contribution in [0.3, 0.4) is 0 Å². The van der Waals surface area contributed by atoms with Crippen molar-refractivity contribution in [1.82, 2.24) is 10.6 Å². The fraction of sp³-hybridized carbons (Fsp3) is 0.562. The molecule has 4 nitrogen and oxygen atoms in total. The number of hydrogen-bond acceptors (Lipinski definition) is 3. The van der Waals surface area contributed by atoms with E-state index in [4.69, 9.17) is 4.74 Å². The number of hydrogen-bond donors (Lipinski definition) is 2. The highest BCUT2D eigenvalue weighted by Crippen LogP contribution is 2.31. The molecule has 2 aliphatic rings. The standard InChI is InChI=1S/C16H22N2O2/c1-20-13-4-2-3-12(7-13)14-9-17-10-15(14)16(19)18-8-11-5-6-11/h2-4,7,11,14-15,17H,5-6,8-10H2,1H3,(H,18,19). The van der Waals surface area contributed by atoms with Gasteiger partial charge in [0.1, 0.15) is 5.75 Å². The van der Waals surface area contributed by atoms with Crippen LogP contribution in [0.25, 0.3) is 0 Å². The fourth-order valence-electron chi connectivity index (χ4n) is 2.87. The first kappa shape index (κ1) is 13.4. The number of carbonyl (C=O) groups is 1. The molecule has 1 saturated carbocycles. The average Bonchev–Trinajstić information content (AvgIpc) is 3.19. The van der Waals surface area contributed by atoms with Crippen molar-refractivity contribution in [3.8, 4) is 5.75 Å². The van der Waals surface area contributed by atoms with E-state index in [0.29, 0.717) is 0 Å². The molecule has 108 valence electrons. The van der Waals surface area contributed by atoms with E-state index in [1.54, 1.807) is 7.11 Å². The number of rotatable bonds is 5. The Bertz CT molecular complexity index is 485. The first-order valence-electron chi connectivity index (χ1n) is 7.40. The van der Waals surface area contributed by atoms with Gasteiger partial charge in [-0.1, -0.05) is 12.1 Å². The molecule has 0 radical (unpaired) electrons. The van der Waals surface area contributed by atoms with E-state index >= 15 is 0 Å². The number of amides is 1. The van der Waals surface area contributed by atoms with Crippen molar-refractivity contribution in [1.29, 1.82) is 0 Å². The van der Waals surface area contributed by atoms with Gasteiger partial charge in [-0.05, 0) is 36.5 Å². The van der Waals surface area contributed by atoms with Gasteiger partial charge < -0.3 is 15.4 Å². The van der Waals surface area contributed by atoms with E-state index in [1.165, 1.54) is 18.4 Å². The lowest BCUT2D eigenvalue weighted by Gasteiger charge is -2.19. The maximum absolute atomic E-state index is 12.3. The Morgan fingerprint density at radius 1 is 1.40 bits per heavy atom. The molecule has 4 heteroatoms. The third-order valence-electron chi connectivity index (χ3n) is 4.33. The van der Waals surface area contributed by atoms with Crippen LogP contribution < -0.4 is 15.4 Å². The van der Waals surface area contributed by atoms with Crippen molar-refractivity contribution in [2.45, 2.75) is 18.8 Å². The molecule has 0 aromatic heterocycles. The van der Waals surface area contributed by atoms with Gasteiger partial charge >= 0.3 is 0 Å². The number of benzene rings is 1. The molecule has 1 aromatic carbocycles. The molecule has 20 heavy (non-hydrogen) atoms. The maximum atomic E-state index is 12.3. The highest BCUT2D eigenvalue weighted by molar-refractivity contribution is 5.80. The molecule has 1 aliphatic carbocycles. The third-order valence-corrected chi connectivity index (χ3v) is 4.33. The normalized spacial score (nSPS) is 25.4. The summed E-state index contributed by atoms with van der Waals surface area (Å²) in [5.74, 6) is 2.04. The Morgan fingerprint density at radius 3 is 3.00 bits per heavy atom. The Labute approximate surface area is 119 Å². The molecule has 2 fully saturated rings. The zero-order chi connectivity index (χ0) is 13.9. The molecule has 2 atom stereocenters. The first-order chi connectivity index (χ1) is 9.78. The van der Waals surface area contributed by atoms with Crippen molar-refractivity contribution in [2.24, 2.45) is 11.8 Å². The monoisotopic (exact) mass is 274 g/mol. The van der Waals surface area contributed by atoms with Crippen molar-refractivity contribution < 1.29 is 9.53 Å². The lowest BCUT2D eigenvalue weighted by Crippen LogP contribution is -2.35. The van der Waals surface area contributed by atoms with Crippen LogP contribution >= 0.6 is 0 Å². The largest absolute Gasteiger partial charge is 0.497 e. The Morgan fingerprint density at radius 2 is 2.25 bits per heavy atom. The molecular formula is C16H22N2O2. The average molecular weight is 274 g/mol. The molecular weight excluding hydrogens is 252 g/mol. The minimum absolute atomic E-state index is 0.0286. The summed E-state index contributed by atoms with van der Waals surface area (Å²) in [5.41, 5.74) is 1.18. The predicted octanol–water partition coefficient (Wildman–Crippen LogP) is 1.52. The van der Waals surface area contributed by atoms with Gasteiger partial charge in [-0.3, -0.25) is 4.79 Å². The zero-order valence-corrected chi connectivity index (χ0v) is 11.9. The predicted molar refractivity (Wildman–Crippen MR) is 77.8 cm³/mol. The van der Waals surface area contributed by atoms with Crippen LogP contribution in [0.15, 0.2) is 24.3 Å².